The largest absolute Gasteiger partial charge is 0.437 e. The normalized spacial score (nSPS) is 16.6. The maximum Gasteiger partial charge on any atom is 0.227 e. The molecule has 3 heterocycles. The average molecular weight is 401 g/mol. The summed E-state index contributed by atoms with van der Waals surface area (Å²) in [7, 11) is 2.08. The van der Waals surface area contributed by atoms with Crippen molar-refractivity contribution in [2.24, 2.45) is 13.0 Å². The fourth-order valence-electron chi connectivity index (χ4n) is 4.87. The van der Waals surface area contributed by atoms with Crippen molar-refractivity contribution >= 4 is 22.1 Å². The Bertz CT molecular complexity index is 1280. The number of aryl methyl sites for hydroxylation is 2. The van der Waals surface area contributed by atoms with Gasteiger partial charge in [-0.05, 0) is 61.8 Å². The summed E-state index contributed by atoms with van der Waals surface area (Å²) < 4.78 is 17.4. The number of rotatable bonds is 4. The van der Waals surface area contributed by atoms with E-state index in [2.05, 4.69) is 75.0 Å². The first-order chi connectivity index (χ1) is 14.9. The van der Waals surface area contributed by atoms with Crippen LogP contribution in [0.25, 0.3) is 33.3 Å². The second-order valence-corrected chi connectivity index (χ2v) is 9.21. The van der Waals surface area contributed by atoms with Gasteiger partial charge in [-0.25, -0.2) is 9.55 Å². The van der Waals surface area contributed by atoms with Gasteiger partial charge in [0, 0.05) is 29.5 Å². The summed E-state index contributed by atoms with van der Waals surface area (Å²) in [5.74, 6) is 0.123. The number of hydrogen-bond acceptors (Lipinski definition) is 2. The van der Waals surface area contributed by atoms with Gasteiger partial charge in [0.25, 0.3) is 0 Å². The Morgan fingerprint density at radius 1 is 1.10 bits per heavy atom. The topological polar surface area (TPSA) is 29.9 Å². The molecule has 0 radical (unpaired) electrons. The Morgan fingerprint density at radius 3 is 2.60 bits per heavy atom. The van der Waals surface area contributed by atoms with E-state index >= 15 is 0 Å². The summed E-state index contributed by atoms with van der Waals surface area (Å²) in [6, 6.07) is 12.9. The Morgan fingerprint density at radius 2 is 1.87 bits per heavy atom. The third-order valence-corrected chi connectivity index (χ3v) is 6.40. The molecule has 3 aromatic heterocycles. The maximum absolute atomic E-state index is 8.87. The van der Waals surface area contributed by atoms with Gasteiger partial charge in [-0.3, -0.25) is 0 Å². The van der Waals surface area contributed by atoms with Crippen molar-refractivity contribution in [1.29, 1.82) is 0 Å². The Balaban J connectivity index is 1.66. The summed E-state index contributed by atoms with van der Waals surface area (Å²) >= 11 is 0. The van der Waals surface area contributed by atoms with Crippen LogP contribution in [0.15, 0.2) is 47.0 Å². The smallest absolute Gasteiger partial charge is 0.227 e. The first-order valence-corrected chi connectivity index (χ1v) is 11.2. The van der Waals surface area contributed by atoms with Crippen molar-refractivity contribution in [3.8, 4) is 11.3 Å². The quantitative estimate of drug-likeness (QED) is 0.360. The third-order valence-electron chi connectivity index (χ3n) is 6.40. The SMILES string of the molecule is [2H]C1(c2ccc(-c3c(C)ccc4c3oc3nc(CC(C)C)ccc34)[n+](C)c2)CCCC1. The Hall–Kier alpha value is -2.68. The number of nitrogens with zero attached hydrogens (tertiary/aromatic N) is 2. The zero-order chi connectivity index (χ0) is 21.8. The van der Waals surface area contributed by atoms with Crippen molar-refractivity contribution in [2.45, 2.75) is 58.8 Å². The second-order valence-electron chi connectivity index (χ2n) is 9.21. The molecule has 0 atom stereocenters. The molecule has 1 aromatic carbocycles. The van der Waals surface area contributed by atoms with Crippen LogP contribution in [0.2, 0.25) is 0 Å². The first-order valence-electron chi connectivity index (χ1n) is 11.7. The van der Waals surface area contributed by atoms with E-state index in [-0.39, 0.29) is 0 Å². The van der Waals surface area contributed by atoms with Crippen LogP contribution < -0.4 is 4.57 Å². The molecule has 0 spiro atoms. The highest BCUT2D eigenvalue weighted by Gasteiger charge is 2.24. The van der Waals surface area contributed by atoms with Gasteiger partial charge in [-0.2, -0.15) is 0 Å². The summed E-state index contributed by atoms with van der Waals surface area (Å²) in [6.45, 7) is 6.56. The molecule has 0 bridgehead atoms. The summed E-state index contributed by atoms with van der Waals surface area (Å²) in [4.78, 5) is 4.82. The molecular formula is C27H31N2O+. The minimum Gasteiger partial charge on any atom is -0.437 e. The minimum atomic E-state index is -0.437. The molecule has 4 aromatic rings. The van der Waals surface area contributed by atoms with Crippen LogP contribution in [-0.4, -0.2) is 4.98 Å². The van der Waals surface area contributed by atoms with Gasteiger partial charge in [0.05, 0.1) is 5.56 Å². The highest BCUT2D eigenvalue weighted by Crippen LogP contribution is 2.38. The third kappa shape index (κ3) is 3.30. The molecule has 3 nitrogen and oxygen atoms in total. The molecule has 0 unspecified atom stereocenters. The van der Waals surface area contributed by atoms with Crippen molar-refractivity contribution in [3.05, 3.63) is 59.4 Å². The monoisotopic (exact) mass is 400 g/mol. The van der Waals surface area contributed by atoms with Crippen molar-refractivity contribution in [3.63, 3.8) is 0 Å². The molecule has 154 valence electrons. The highest BCUT2D eigenvalue weighted by molar-refractivity contribution is 6.08. The zero-order valence-electron chi connectivity index (χ0n) is 19.5. The molecule has 1 saturated carbocycles. The van der Waals surface area contributed by atoms with Gasteiger partial charge in [0.2, 0.25) is 11.4 Å². The molecule has 30 heavy (non-hydrogen) atoms. The minimum absolute atomic E-state index is 0.437. The lowest BCUT2D eigenvalue weighted by Gasteiger charge is -2.10. The van der Waals surface area contributed by atoms with E-state index in [0.29, 0.717) is 5.92 Å². The van der Waals surface area contributed by atoms with Gasteiger partial charge in [-0.15, -0.1) is 0 Å². The van der Waals surface area contributed by atoms with E-state index in [0.717, 1.165) is 76.7 Å². The van der Waals surface area contributed by atoms with Gasteiger partial charge in [0.1, 0.15) is 7.05 Å². The van der Waals surface area contributed by atoms with Gasteiger partial charge >= 0.3 is 0 Å². The fraction of sp³-hybridized carbons (Fsp3) is 0.407. The molecule has 3 heteroatoms. The van der Waals surface area contributed by atoms with Gasteiger partial charge in [0.15, 0.2) is 11.8 Å². The first kappa shape index (κ1) is 18.1. The van der Waals surface area contributed by atoms with Crippen molar-refractivity contribution in [2.75, 3.05) is 0 Å². The highest BCUT2D eigenvalue weighted by atomic mass is 16.3. The van der Waals surface area contributed by atoms with Crippen LogP contribution in [0.5, 0.6) is 0 Å². The zero-order valence-corrected chi connectivity index (χ0v) is 18.5. The molecule has 0 amide bonds. The molecular weight excluding hydrogens is 368 g/mol. The fourth-order valence-corrected chi connectivity index (χ4v) is 4.87. The number of hydrogen-bond donors (Lipinski definition) is 0. The molecule has 0 aliphatic heterocycles. The molecule has 0 saturated heterocycles. The van der Waals surface area contributed by atoms with E-state index in [1.807, 2.05) is 0 Å². The molecule has 5 rings (SSSR count). The van der Waals surface area contributed by atoms with Crippen molar-refractivity contribution < 1.29 is 10.4 Å². The number of benzene rings is 1. The van der Waals surface area contributed by atoms with E-state index < -0.39 is 5.89 Å². The van der Waals surface area contributed by atoms with Crippen LogP contribution in [-0.2, 0) is 13.5 Å². The van der Waals surface area contributed by atoms with Crippen LogP contribution in [0, 0.1) is 12.8 Å². The number of fused-ring (bicyclic) bond motifs is 3. The summed E-state index contributed by atoms with van der Waals surface area (Å²) in [5.41, 5.74) is 7.20. The van der Waals surface area contributed by atoms with E-state index in [1.54, 1.807) is 0 Å². The van der Waals surface area contributed by atoms with Gasteiger partial charge < -0.3 is 4.42 Å². The predicted molar refractivity (Wildman–Crippen MR) is 123 cm³/mol. The van der Waals surface area contributed by atoms with Crippen LogP contribution >= 0.6 is 0 Å². The Labute approximate surface area is 180 Å². The molecule has 1 aliphatic carbocycles. The molecule has 1 aliphatic rings. The van der Waals surface area contributed by atoms with E-state index in [4.69, 9.17) is 10.8 Å². The number of pyridine rings is 2. The lowest BCUT2D eigenvalue weighted by atomic mass is 9.96. The lowest BCUT2D eigenvalue weighted by Crippen LogP contribution is -2.31. The average Bonchev–Trinajstić information content (AvgIpc) is 3.32. The molecule has 1 fully saturated rings. The number of aromatic nitrogens is 2. The Kier molecular flexibility index (Phi) is 4.55. The van der Waals surface area contributed by atoms with Gasteiger partial charge in [-0.1, -0.05) is 38.8 Å². The van der Waals surface area contributed by atoms with E-state index in [9.17, 15) is 0 Å². The van der Waals surface area contributed by atoms with Crippen LogP contribution in [0.4, 0.5) is 0 Å². The summed E-state index contributed by atoms with van der Waals surface area (Å²) in [6.07, 6.45) is 7.30. The molecule has 0 N–H and O–H groups in total. The number of furan rings is 1. The lowest BCUT2D eigenvalue weighted by molar-refractivity contribution is -0.660. The van der Waals surface area contributed by atoms with Crippen LogP contribution in [0.3, 0.4) is 0 Å². The standard InChI is InChI=1S/C27H31N2O/c1-17(2)15-21-11-13-23-22-12-9-18(3)25(26(22)30-27(23)28-21)24-14-10-20(16-29(24)4)19-7-5-6-8-19/h9-14,16-17,19H,5-8,15H2,1-4H3/q+1/i19D. The van der Waals surface area contributed by atoms with Crippen LogP contribution in [0.1, 0.15) is 63.6 Å². The van der Waals surface area contributed by atoms with E-state index in [1.165, 1.54) is 5.56 Å². The summed E-state index contributed by atoms with van der Waals surface area (Å²) in [5, 5.41) is 2.18. The predicted octanol–water partition coefficient (Wildman–Crippen LogP) is 6.64. The maximum atomic E-state index is 8.87. The van der Waals surface area contributed by atoms with Crippen molar-refractivity contribution in [1.82, 2.24) is 4.98 Å². The second kappa shape index (κ2) is 7.54.